The molecule has 0 unspecified atom stereocenters. The van der Waals surface area contributed by atoms with E-state index in [1.54, 1.807) is 0 Å². The van der Waals surface area contributed by atoms with E-state index in [0.717, 1.165) is 43.8 Å². The minimum absolute atomic E-state index is 0. The molecule has 0 saturated heterocycles. The number of benzene rings is 8. The van der Waals surface area contributed by atoms with Crippen molar-refractivity contribution < 1.29 is 38.4 Å². The summed E-state index contributed by atoms with van der Waals surface area (Å²) in [4.78, 5) is 38.4. The van der Waals surface area contributed by atoms with Crippen LogP contribution in [0.2, 0.25) is 0 Å². The Kier molecular flexibility index (Phi) is 10.4. The van der Waals surface area contributed by atoms with Gasteiger partial charge in [-0.05, 0) is 121 Å². The topological polar surface area (TPSA) is 146 Å². The van der Waals surface area contributed by atoms with Crippen LogP contribution in [-0.4, -0.2) is 39.9 Å². The smallest absolute Gasteiger partial charge is 0.164 e. The third kappa shape index (κ3) is 7.96. The van der Waals surface area contributed by atoms with Crippen molar-refractivity contribution in [3.8, 4) is 91.5 Å². The van der Waals surface area contributed by atoms with Gasteiger partial charge in [-0.2, -0.15) is 0 Å². The normalized spacial score (nSPS) is 11.4. The maximum absolute atomic E-state index is 6.34. The van der Waals surface area contributed by atoms with E-state index in [1.807, 2.05) is 194 Å². The molecule has 331 valence electrons. The van der Waals surface area contributed by atoms with E-state index >= 15 is 0 Å². The van der Waals surface area contributed by atoms with Gasteiger partial charge < -0.3 is 28.9 Å². The molecule has 0 saturated carbocycles. The molecule has 2 aliphatic rings. The fourth-order valence-corrected chi connectivity index (χ4v) is 8.46. The number of nitrogens with one attached hydrogen (secondary N) is 2. The number of nitrogens with zero attached hydrogens (tertiary/aromatic N) is 6. The van der Waals surface area contributed by atoms with Crippen molar-refractivity contribution in [3.63, 3.8) is 0 Å². The predicted molar refractivity (Wildman–Crippen MR) is 262 cm³/mol. The Balaban J connectivity index is 0.00000492. The van der Waals surface area contributed by atoms with E-state index < -0.39 is 0 Å². The van der Waals surface area contributed by atoms with Crippen molar-refractivity contribution in [2.75, 3.05) is 0 Å². The first-order valence-corrected chi connectivity index (χ1v) is 21.9. The van der Waals surface area contributed by atoms with E-state index in [9.17, 15) is 0 Å². The largest absolute Gasteiger partial charge is 0.457 e. The Morgan fingerprint density at radius 2 is 0.536 bits per heavy atom. The Morgan fingerprint density at radius 3 is 0.884 bits per heavy atom. The fourth-order valence-electron chi connectivity index (χ4n) is 8.46. The monoisotopic (exact) mass is 985 g/mol. The number of ether oxygens (including phenoxy) is 4. The number of hydrogen-bond acceptors (Lipinski definition) is 10. The van der Waals surface area contributed by atoms with Crippen molar-refractivity contribution in [1.29, 1.82) is 0 Å². The Morgan fingerprint density at radius 1 is 0.246 bits per heavy atom. The number of aromatic amines is 2. The van der Waals surface area contributed by atoms with E-state index in [0.29, 0.717) is 91.9 Å². The van der Waals surface area contributed by atoms with Gasteiger partial charge in [0.15, 0.2) is 23.3 Å². The predicted octanol–water partition coefficient (Wildman–Crippen LogP) is 14.0. The van der Waals surface area contributed by atoms with Crippen molar-refractivity contribution in [2.45, 2.75) is 0 Å². The summed E-state index contributed by atoms with van der Waals surface area (Å²) in [6.45, 7) is 0. The van der Waals surface area contributed by atoms with Gasteiger partial charge in [-0.15, -0.1) is 0 Å². The molecule has 12 nitrogen and oxygen atoms in total. The van der Waals surface area contributed by atoms with Crippen LogP contribution in [0.25, 0.3) is 89.7 Å². The van der Waals surface area contributed by atoms with Crippen LogP contribution in [-0.2, 0) is 19.5 Å². The van der Waals surface area contributed by atoms with Crippen LogP contribution in [0, 0.1) is 0 Å². The van der Waals surface area contributed by atoms with Gasteiger partial charge in [0, 0.05) is 63.3 Å². The molecule has 13 heteroatoms. The van der Waals surface area contributed by atoms with Crippen LogP contribution in [0.3, 0.4) is 0 Å². The first kappa shape index (κ1) is 41.4. The first-order valence-electron chi connectivity index (χ1n) is 21.9. The standard InChI is InChI=1S/C56H34N8O4.Rh/c1-5-13-33(14-6-1)65-37-21-25-41-45(29-37)53-57-49(41)62-54-47-31-39(67-35-17-9-3-10-18-35)23-27-43(47)51(59-54)64-56-48-32-40(68-36-19-11-4-12-20-36)24-28-44(48)52(60-56)63-55-46-30-38(66-34-15-7-2-8-16-34)22-26-42(46)50(58-55)61-53;/h1-32H,(H2,57,58,59,60,61,62,63,64);. The summed E-state index contributed by atoms with van der Waals surface area (Å²) in [5.41, 5.74) is 5.12. The average Bonchev–Trinajstić information content (AvgIpc) is 4.10. The Labute approximate surface area is 406 Å². The summed E-state index contributed by atoms with van der Waals surface area (Å²) in [6, 6.07) is 62.0. The quantitative estimate of drug-likeness (QED) is 0.141. The van der Waals surface area contributed by atoms with E-state index in [4.69, 9.17) is 48.9 Å². The van der Waals surface area contributed by atoms with Crippen LogP contribution in [0.15, 0.2) is 194 Å². The minimum atomic E-state index is 0. The van der Waals surface area contributed by atoms with Crippen molar-refractivity contribution in [1.82, 2.24) is 39.9 Å². The van der Waals surface area contributed by atoms with Crippen molar-refractivity contribution in [3.05, 3.63) is 194 Å². The fraction of sp³-hybridized carbons (Fsp3) is 0. The summed E-state index contributed by atoms with van der Waals surface area (Å²) in [7, 11) is 0. The molecular weight excluding hydrogens is 952 g/mol. The zero-order chi connectivity index (χ0) is 45.0. The van der Waals surface area contributed by atoms with Gasteiger partial charge in [-0.25, -0.2) is 29.9 Å². The third-order valence-corrected chi connectivity index (χ3v) is 11.6. The Bertz CT molecular complexity index is 3670. The molecule has 3 aromatic heterocycles. The van der Waals surface area contributed by atoms with Crippen LogP contribution in [0.4, 0.5) is 0 Å². The van der Waals surface area contributed by atoms with E-state index in [1.165, 1.54) is 0 Å². The van der Waals surface area contributed by atoms with Gasteiger partial charge in [0.2, 0.25) is 0 Å². The second kappa shape index (κ2) is 17.3. The maximum Gasteiger partial charge on any atom is 0.164 e. The summed E-state index contributed by atoms with van der Waals surface area (Å²) in [5, 5.41) is 3.12. The molecule has 2 aliphatic heterocycles. The molecule has 13 rings (SSSR count). The molecule has 0 atom stereocenters. The molecule has 8 aromatic carbocycles. The Hall–Kier alpha value is -9.06. The SMILES string of the molecule is [Rh].c1ccc(Oc2ccc3c(c2)-c2nc-3nc3[nH]c(nc4nc(nc5[nH]c(n2)c2ccc(Oc6ccccc6)cc52)-c2ccc(Oc5ccccc5)cc2-4)c2ccc(Oc4ccccc4)cc32)cc1. The molecule has 0 amide bonds. The molecule has 0 fully saturated rings. The van der Waals surface area contributed by atoms with Gasteiger partial charge in [0.25, 0.3) is 0 Å². The third-order valence-electron chi connectivity index (χ3n) is 11.6. The van der Waals surface area contributed by atoms with Crippen LogP contribution in [0.5, 0.6) is 46.0 Å². The van der Waals surface area contributed by atoms with Crippen LogP contribution in [0.1, 0.15) is 0 Å². The second-order valence-corrected chi connectivity index (χ2v) is 16.1. The molecule has 11 aromatic rings. The zero-order valence-electron chi connectivity index (χ0n) is 36.1. The van der Waals surface area contributed by atoms with Crippen molar-refractivity contribution >= 4 is 44.1 Å². The summed E-state index contributed by atoms with van der Waals surface area (Å²) >= 11 is 0. The number of rotatable bonds is 8. The summed E-state index contributed by atoms with van der Waals surface area (Å²) < 4.78 is 25.3. The maximum atomic E-state index is 6.34. The van der Waals surface area contributed by atoms with Gasteiger partial charge in [-0.3, -0.25) is 0 Å². The number of fused-ring (bicyclic) bond motifs is 20. The second-order valence-electron chi connectivity index (χ2n) is 16.1. The van der Waals surface area contributed by atoms with Gasteiger partial charge >= 0.3 is 0 Å². The van der Waals surface area contributed by atoms with Crippen LogP contribution >= 0.6 is 0 Å². The first-order chi connectivity index (χ1) is 33.6. The van der Waals surface area contributed by atoms with Gasteiger partial charge in [0.05, 0.1) is 0 Å². The van der Waals surface area contributed by atoms with E-state index in [2.05, 4.69) is 9.97 Å². The molecule has 0 spiro atoms. The van der Waals surface area contributed by atoms with Crippen LogP contribution < -0.4 is 18.9 Å². The molecule has 5 heterocycles. The summed E-state index contributed by atoms with van der Waals surface area (Å²) in [5.74, 6) is 7.07. The average molecular weight is 986 g/mol. The number of hydrogen-bond donors (Lipinski definition) is 2. The molecule has 69 heavy (non-hydrogen) atoms. The molecule has 1 radical (unpaired) electrons. The molecular formula is C56H34N8O4Rh. The molecule has 8 bridgehead atoms. The summed E-state index contributed by atoms with van der Waals surface area (Å²) in [6.07, 6.45) is 0. The van der Waals surface area contributed by atoms with Gasteiger partial charge in [-0.1, -0.05) is 72.8 Å². The van der Waals surface area contributed by atoms with Crippen molar-refractivity contribution in [2.24, 2.45) is 0 Å². The minimum Gasteiger partial charge on any atom is -0.457 e. The van der Waals surface area contributed by atoms with E-state index in [-0.39, 0.29) is 19.5 Å². The number of para-hydroxylation sites is 4. The molecule has 2 N–H and O–H groups in total. The zero-order valence-corrected chi connectivity index (χ0v) is 37.8. The molecule has 0 aliphatic carbocycles. The van der Waals surface area contributed by atoms with Gasteiger partial charge in [0.1, 0.15) is 68.6 Å². The number of H-pyrrole nitrogens is 2. The number of aromatic nitrogens is 8.